The van der Waals surface area contributed by atoms with Crippen LogP contribution >= 0.6 is 0 Å². The summed E-state index contributed by atoms with van der Waals surface area (Å²) in [6, 6.07) is 0. The Kier molecular flexibility index (Phi) is 3.46. The van der Waals surface area contributed by atoms with Crippen molar-refractivity contribution in [2.75, 3.05) is 7.11 Å². The molecule has 1 aliphatic heterocycles. The van der Waals surface area contributed by atoms with E-state index in [-0.39, 0.29) is 5.60 Å². The molecule has 2 heterocycles. The Labute approximate surface area is 126 Å². The van der Waals surface area contributed by atoms with Crippen LogP contribution in [0.1, 0.15) is 80.1 Å². The molecule has 0 atom stereocenters. The van der Waals surface area contributed by atoms with E-state index in [0.29, 0.717) is 5.92 Å². The van der Waals surface area contributed by atoms with Gasteiger partial charge in [0.2, 0.25) is 0 Å². The van der Waals surface area contributed by atoms with E-state index in [2.05, 4.69) is 5.32 Å². The molecule has 3 aliphatic rings. The summed E-state index contributed by atoms with van der Waals surface area (Å²) in [5.41, 5.74) is 3.68. The SMILES string of the molecule is COC1(c2nc3c(c(C4CC4)n2)CNC3)CCCCCC1. The number of aromatic nitrogens is 2. The fourth-order valence-corrected chi connectivity index (χ4v) is 3.91. The van der Waals surface area contributed by atoms with E-state index in [9.17, 15) is 0 Å². The average molecular weight is 287 g/mol. The fourth-order valence-electron chi connectivity index (χ4n) is 3.91. The summed E-state index contributed by atoms with van der Waals surface area (Å²) in [7, 11) is 1.84. The van der Waals surface area contributed by atoms with Crippen LogP contribution in [0.2, 0.25) is 0 Å². The fraction of sp³-hybridized carbons (Fsp3) is 0.765. The van der Waals surface area contributed by atoms with Gasteiger partial charge in [0.25, 0.3) is 0 Å². The first-order valence-corrected chi connectivity index (χ1v) is 8.48. The van der Waals surface area contributed by atoms with Crippen molar-refractivity contribution in [2.45, 2.75) is 76.0 Å². The maximum atomic E-state index is 6.01. The summed E-state index contributed by atoms with van der Waals surface area (Å²) in [6.07, 6.45) is 9.81. The molecule has 0 radical (unpaired) electrons. The van der Waals surface area contributed by atoms with Gasteiger partial charge in [-0.1, -0.05) is 25.7 Å². The van der Waals surface area contributed by atoms with Crippen molar-refractivity contribution in [1.29, 1.82) is 0 Å². The highest BCUT2D eigenvalue weighted by molar-refractivity contribution is 5.34. The number of hydrogen-bond donors (Lipinski definition) is 1. The Hall–Kier alpha value is -1.00. The van der Waals surface area contributed by atoms with Crippen LogP contribution in [0.15, 0.2) is 0 Å². The molecule has 4 rings (SSSR count). The summed E-state index contributed by atoms with van der Waals surface area (Å²) >= 11 is 0. The Bertz CT molecular complexity index is 531. The van der Waals surface area contributed by atoms with Gasteiger partial charge in [-0.25, -0.2) is 9.97 Å². The third-order valence-corrected chi connectivity index (χ3v) is 5.39. The average Bonchev–Trinajstić information content (AvgIpc) is 3.29. The topological polar surface area (TPSA) is 47.0 Å². The van der Waals surface area contributed by atoms with Crippen LogP contribution in [0.3, 0.4) is 0 Å². The van der Waals surface area contributed by atoms with Crippen molar-refractivity contribution in [3.63, 3.8) is 0 Å². The first-order chi connectivity index (χ1) is 10.3. The molecule has 0 spiro atoms. The molecule has 1 aromatic heterocycles. The molecular weight excluding hydrogens is 262 g/mol. The number of methoxy groups -OCH3 is 1. The van der Waals surface area contributed by atoms with Gasteiger partial charge in [0, 0.05) is 31.7 Å². The number of fused-ring (bicyclic) bond motifs is 1. The van der Waals surface area contributed by atoms with Crippen molar-refractivity contribution in [3.05, 3.63) is 22.8 Å². The van der Waals surface area contributed by atoms with Crippen LogP contribution in [0.4, 0.5) is 0 Å². The van der Waals surface area contributed by atoms with E-state index in [1.807, 2.05) is 7.11 Å². The zero-order chi connectivity index (χ0) is 14.3. The first kappa shape index (κ1) is 13.6. The summed E-state index contributed by atoms with van der Waals surface area (Å²) in [6.45, 7) is 1.84. The summed E-state index contributed by atoms with van der Waals surface area (Å²) in [5, 5.41) is 3.44. The van der Waals surface area contributed by atoms with Gasteiger partial charge in [-0.2, -0.15) is 0 Å². The lowest BCUT2D eigenvalue weighted by molar-refractivity contribution is -0.0354. The third-order valence-electron chi connectivity index (χ3n) is 5.39. The van der Waals surface area contributed by atoms with E-state index in [0.717, 1.165) is 31.8 Å². The van der Waals surface area contributed by atoms with Crippen LogP contribution in [-0.4, -0.2) is 17.1 Å². The number of ether oxygens (including phenoxy) is 1. The van der Waals surface area contributed by atoms with Gasteiger partial charge in [0.05, 0.1) is 11.4 Å². The molecule has 0 saturated heterocycles. The minimum Gasteiger partial charge on any atom is -0.370 e. The zero-order valence-electron chi connectivity index (χ0n) is 13.0. The number of nitrogens with zero attached hydrogens (tertiary/aromatic N) is 2. The lowest BCUT2D eigenvalue weighted by atomic mass is 9.92. The molecule has 1 aromatic rings. The van der Waals surface area contributed by atoms with Gasteiger partial charge in [0.1, 0.15) is 5.60 Å². The van der Waals surface area contributed by atoms with Gasteiger partial charge in [-0.15, -0.1) is 0 Å². The second-order valence-electron chi connectivity index (χ2n) is 6.85. The van der Waals surface area contributed by atoms with Crippen molar-refractivity contribution in [2.24, 2.45) is 0 Å². The monoisotopic (exact) mass is 287 g/mol. The van der Waals surface area contributed by atoms with Crippen molar-refractivity contribution in [1.82, 2.24) is 15.3 Å². The molecule has 21 heavy (non-hydrogen) atoms. The molecule has 4 heteroatoms. The lowest BCUT2D eigenvalue weighted by Crippen LogP contribution is -2.31. The number of nitrogens with one attached hydrogen (secondary N) is 1. The summed E-state index contributed by atoms with van der Waals surface area (Å²) in [5.74, 6) is 1.65. The van der Waals surface area contributed by atoms with E-state index < -0.39 is 0 Å². The quantitative estimate of drug-likeness (QED) is 0.868. The zero-order valence-corrected chi connectivity index (χ0v) is 13.0. The first-order valence-electron chi connectivity index (χ1n) is 8.48. The van der Waals surface area contributed by atoms with Crippen LogP contribution in [0, 0.1) is 0 Å². The minimum atomic E-state index is -0.238. The molecule has 2 fully saturated rings. The molecule has 2 saturated carbocycles. The Morgan fingerprint density at radius 2 is 1.81 bits per heavy atom. The maximum absolute atomic E-state index is 6.01. The Balaban J connectivity index is 1.77. The van der Waals surface area contributed by atoms with Gasteiger partial charge >= 0.3 is 0 Å². The molecule has 0 bridgehead atoms. The Morgan fingerprint density at radius 3 is 2.48 bits per heavy atom. The molecule has 0 amide bonds. The van der Waals surface area contributed by atoms with Gasteiger partial charge < -0.3 is 10.1 Å². The van der Waals surface area contributed by atoms with Gasteiger partial charge in [-0.3, -0.25) is 0 Å². The normalized spacial score (nSPS) is 24.6. The predicted octanol–water partition coefficient (Wildman–Crippen LogP) is 3.15. The van der Waals surface area contributed by atoms with Crippen LogP contribution < -0.4 is 5.32 Å². The molecular formula is C17H25N3O. The van der Waals surface area contributed by atoms with Crippen LogP contribution in [0.25, 0.3) is 0 Å². The third kappa shape index (κ3) is 2.38. The molecule has 2 aliphatic carbocycles. The largest absolute Gasteiger partial charge is 0.370 e. The van der Waals surface area contributed by atoms with Gasteiger partial charge in [-0.05, 0) is 25.7 Å². The summed E-state index contributed by atoms with van der Waals surface area (Å²) < 4.78 is 6.01. The molecule has 0 aromatic carbocycles. The second-order valence-corrected chi connectivity index (χ2v) is 6.85. The van der Waals surface area contributed by atoms with E-state index >= 15 is 0 Å². The van der Waals surface area contributed by atoms with E-state index in [1.165, 1.54) is 55.5 Å². The molecule has 1 N–H and O–H groups in total. The minimum absolute atomic E-state index is 0.238. The molecule has 0 unspecified atom stereocenters. The Morgan fingerprint density at radius 1 is 1.05 bits per heavy atom. The highest BCUT2D eigenvalue weighted by Crippen LogP contribution is 2.44. The van der Waals surface area contributed by atoms with E-state index in [4.69, 9.17) is 14.7 Å². The lowest BCUT2D eigenvalue weighted by Gasteiger charge is -2.30. The number of rotatable bonds is 3. The van der Waals surface area contributed by atoms with Crippen LogP contribution in [-0.2, 0) is 23.4 Å². The van der Waals surface area contributed by atoms with E-state index in [1.54, 1.807) is 0 Å². The highest BCUT2D eigenvalue weighted by atomic mass is 16.5. The maximum Gasteiger partial charge on any atom is 0.160 e. The summed E-state index contributed by atoms with van der Waals surface area (Å²) in [4.78, 5) is 9.97. The predicted molar refractivity (Wildman–Crippen MR) is 80.9 cm³/mol. The number of hydrogen-bond acceptors (Lipinski definition) is 4. The van der Waals surface area contributed by atoms with Crippen LogP contribution in [0.5, 0.6) is 0 Å². The molecule has 4 nitrogen and oxygen atoms in total. The smallest absolute Gasteiger partial charge is 0.160 e. The molecule has 114 valence electrons. The van der Waals surface area contributed by atoms with Crippen molar-refractivity contribution < 1.29 is 4.74 Å². The van der Waals surface area contributed by atoms with Gasteiger partial charge in [0.15, 0.2) is 5.82 Å². The van der Waals surface area contributed by atoms with Crippen molar-refractivity contribution >= 4 is 0 Å². The van der Waals surface area contributed by atoms with Crippen molar-refractivity contribution in [3.8, 4) is 0 Å². The second kappa shape index (κ2) is 5.33. The highest BCUT2D eigenvalue weighted by Gasteiger charge is 2.39. The standard InChI is InChI=1S/C17H25N3O/c1-21-17(8-4-2-3-5-9-17)16-19-14-11-18-10-13(14)15(20-16)12-6-7-12/h12,18H,2-11H2,1H3.